The summed E-state index contributed by atoms with van der Waals surface area (Å²) in [5.74, 6) is 8.51. The second kappa shape index (κ2) is 5.69. The Morgan fingerprint density at radius 1 is 1.29 bits per heavy atom. The predicted molar refractivity (Wildman–Crippen MR) is 85.1 cm³/mol. The molecule has 0 amide bonds. The van der Waals surface area contributed by atoms with Crippen molar-refractivity contribution in [2.24, 2.45) is 5.84 Å². The van der Waals surface area contributed by atoms with Crippen molar-refractivity contribution < 1.29 is 0 Å². The van der Waals surface area contributed by atoms with Crippen molar-refractivity contribution in [2.45, 2.75) is 32.2 Å². The quantitative estimate of drug-likeness (QED) is 0.652. The molecule has 1 aliphatic carbocycles. The lowest BCUT2D eigenvalue weighted by Crippen LogP contribution is -2.20. The van der Waals surface area contributed by atoms with E-state index in [0.717, 1.165) is 18.2 Å². The number of aromatic nitrogens is 2. The van der Waals surface area contributed by atoms with E-state index in [4.69, 9.17) is 5.84 Å². The number of hydrogen-bond acceptors (Lipinski definition) is 5. The summed E-state index contributed by atoms with van der Waals surface area (Å²) in [7, 11) is 2.04. The lowest BCUT2D eigenvalue weighted by atomic mass is 10.1. The first-order chi connectivity index (χ1) is 10.2. The van der Waals surface area contributed by atoms with E-state index >= 15 is 0 Å². The van der Waals surface area contributed by atoms with Crippen LogP contribution in [-0.4, -0.2) is 17.0 Å². The summed E-state index contributed by atoms with van der Waals surface area (Å²) < 4.78 is 0. The molecule has 5 heteroatoms. The van der Waals surface area contributed by atoms with Crippen molar-refractivity contribution in [1.29, 1.82) is 0 Å². The second-order valence-electron chi connectivity index (χ2n) is 5.73. The van der Waals surface area contributed by atoms with Crippen LogP contribution in [0.25, 0.3) is 0 Å². The minimum atomic E-state index is 0.504. The number of nitrogens with zero attached hydrogens (tertiary/aromatic N) is 3. The molecule has 0 aliphatic heterocycles. The zero-order chi connectivity index (χ0) is 14.8. The Morgan fingerprint density at radius 2 is 2.10 bits per heavy atom. The van der Waals surface area contributed by atoms with E-state index in [1.165, 1.54) is 24.0 Å². The number of rotatable bonds is 5. The highest BCUT2D eigenvalue weighted by Crippen LogP contribution is 2.39. The normalized spacial score (nSPS) is 14.0. The maximum Gasteiger partial charge on any atom is 0.145 e. The zero-order valence-electron chi connectivity index (χ0n) is 12.5. The number of nitrogens with two attached hydrogens (primary N) is 1. The van der Waals surface area contributed by atoms with Gasteiger partial charge in [-0.05, 0) is 25.3 Å². The van der Waals surface area contributed by atoms with E-state index in [1.54, 1.807) is 0 Å². The third-order valence-corrected chi connectivity index (χ3v) is 3.71. The second-order valence-corrected chi connectivity index (χ2v) is 5.73. The van der Waals surface area contributed by atoms with Crippen LogP contribution < -0.4 is 16.2 Å². The highest BCUT2D eigenvalue weighted by atomic mass is 15.3. The highest BCUT2D eigenvalue weighted by molar-refractivity contribution is 5.49. The molecular formula is C16H21N5. The van der Waals surface area contributed by atoms with Crippen molar-refractivity contribution in [3.05, 3.63) is 47.3 Å². The van der Waals surface area contributed by atoms with Gasteiger partial charge in [0.2, 0.25) is 0 Å². The smallest absolute Gasteiger partial charge is 0.145 e. The highest BCUT2D eigenvalue weighted by Gasteiger charge is 2.27. The molecule has 0 radical (unpaired) electrons. The first-order valence-corrected chi connectivity index (χ1v) is 7.28. The van der Waals surface area contributed by atoms with Crippen LogP contribution in [0, 0.1) is 6.92 Å². The minimum Gasteiger partial charge on any atom is -0.355 e. The third kappa shape index (κ3) is 3.31. The van der Waals surface area contributed by atoms with Crippen LogP contribution in [-0.2, 0) is 6.54 Å². The summed E-state index contributed by atoms with van der Waals surface area (Å²) in [6.45, 7) is 2.92. The number of hydrazine groups is 1. The van der Waals surface area contributed by atoms with Gasteiger partial charge in [0.05, 0.1) is 0 Å². The largest absolute Gasteiger partial charge is 0.355 e. The van der Waals surface area contributed by atoms with E-state index in [1.807, 2.05) is 13.1 Å². The van der Waals surface area contributed by atoms with Crippen molar-refractivity contribution in [2.75, 3.05) is 17.4 Å². The zero-order valence-corrected chi connectivity index (χ0v) is 12.5. The molecular weight excluding hydrogens is 262 g/mol. The molecule has 2 aromatic rings. The molecule has 1 heterocycles. The molecule has 1 aromatic heterocycles. The average Bonchev–Trinajstić information content (AvgIpc) is 3.31. The van der Waals surface area contributed by atoms with Crippen molar-refractivity contribution in [3.8, 4) is 0 Å². The molecule has 0 atom stereocenters. The van der Waals surface area contributed by atoms with Gasteiger partial charge in [-0.15, -0.1) is 0 Å². The number of nitrogen functional groups attached to an aromatic ring is 1. The Labute approximate surface area is 125 Å². The molecule has 1 aliphatic rings. The minimum absolute atomic E-state index is 0.504. The summed E-state index contributed by atoms with van der Waals surface area (Å²) in [4.78, 5) is 11.3. The van der Waals surface area contributed by atoms with Crippen LogP contribution in [0.4, 0.5) is 11.6 Å². The monoisotopic (exact) mass is 283 g/mol. The molecule has 1 fully saturated rings. The van der Waals surface area contributed by atoms with Gasteiger partial charge in [0.15, 0.2) is 0 Å². The lowest BCUT2D eigenvalue weighted by Gasteiger charge is -2.20. The first kappa shape index (κ1) is 13.8. The summed E-state index contributed by atoms with van der Waals surface area (Å²) in [5.41, 5.74) is 5.18. The van der Waals surface area contributed by atoms with Crippen molar-refractivity contribution in [1.82, 2.24) is 9.97 Å². The third-order valence-electron chi connectivity index (χ3n) is 3.71. The Bertz CT molecular complexity index is 636. The fraction of sp³-hybridized carbons (Fsp3) is 0.375. The summed E-state index contributed by atoms with van der Waals surface area (Å²) in [5, 5.41) is 0. The van der Waals surface area contributed by atoms with Crippen molar-refractivity contribution in [3.63, 3.8) is 0 Å². The SMILES string of the molecule is Cc1cccc(CN(C)c2cc(NN)nc(C3CC3)n2)c1. The number of nitrogens with one attached hydrogen (secondary N) is 1. The molecule has 3 N–H and O–H groups in total. The number of anilines is 2. The molecule has 21 heavy (non-hydrogen) atoms. The maximum atomic E-state index is 5.52. The van der Waals surface area contributed by atoms with Gasteiger partial charge in [-0.25, -0.2) is 15.8 Å². The predicted octanol–water partition coefficient (Wildman–Crippen LogP) is 2.58. The Morgan fingerprint density at radius 3 is 2.76 bits per heavy atom. The summed E-state index contributed by atoms with van der Waals surface area (Å²) in [6, 6.07) is 10.4. The van der Waals surface area contributed by atoms with E-state index in [9.17, 15) is 0 Å². The summed E-state index contributed by atoms with van der Waals surface area (Å²) in [6.07, 6.45) is 2.35. The van der Waals surface area contributed by atoms with Crippen LogP contribution >= 0.6 is 0 Å². The standard InChI is InChI=1S/C16H21N5/c1-11-4-3-5-12(8-11)10-21(2)15-9-14(20-17)18-16(19-15)13-6-7-13/h3-5,8-9,13H,6-7,10,17H2,1-2H3,(H,18,19,20). The van der Waals surface area contributed by atoms with Crippen molar-refractivity contribution >= 4 is 11.6 Å². The van der Waals surface area contributed by atoms with Gasteiger partial charge < -0.3 is 10.3 Å². The Kier molecular flexibility index (Phi) is 3.75. The molecule has 0 spiro atoms. The molecule has 1 aromatic carbocycles. The van der Waals surface area contributed by atoms with Gasteiger partial charge in [0.25, 0.3) is 0 Å². The van der Waals surface area contributed by atoms with Gasteiger partial charge in [0.1, 0.15) is 17.5 Å². The first-order valence-electron chi connectivity index (χ1n) is 7.28. The Hall–Kier alpha value is -2.14. The molecule has 0 bridgehead atoms. The van der Waals surface area contributed by atoms with E-state index in [-0.39, 0.29) is 0 Å². The fourth-order valence-corrected chi connectivity index (χ4v) is 2.41. The lowest BCUT2D eigenvalue weighted by molar-refractivity contribution is 0.853. The number of aryl methyl sites for hydroxylation is 1. The Balaban J connectivity index is 1.83. The number of hydrogen-bond donors (Lipinski definition) is 2. The number of benzene rings is 1. The van der Waals surface area contributed by atoms with Gasteiger partial charge >= 0.3 is 0 Å². The topological polar surface area (TPSA) is 67.1 Å². The van der Waals surface area contributed by atoms with Gasteiger partial charge in [0, 0.05) is 25.6 Å². The van der Waals surface area contributed by atoms with E-state index < -0.39 is 0 Å². The van der Waals surface area contributed by atoms with Crippen LogP contribution in [0.1, 0.15) is 35.7 Å². The maximum absolute atomic E-state index is 5.52. The molecule has 5 nitrogen and oxygen atoms in total. The van der Waals surface area contributed by atoms with E-state index in [2.05, 4.69) is 51.5 Å². The van der Waals surface area contributed by atoms with Gasteiger partial charge in [-0.3, -0.25) is 0 Å². The molecule has 1 saturated carbocycles. The fourth-order valence-electron chi connectivity index (χ4n) is 2.41. The molecule has 110 valence electrons. The average molecular weight is 283 g/mol. The van der Waals surface area contributed by atoms with Gasteiger partial charge in [-0.1, -0.05) is 29.8 Å². The molecule has 0 unspecified atom stereocenters. The van der Waals surface area contributed by atoms with E-state index in [0.29, 0.717) is 11.7 Å². The van der Waals surface area contributed by atoms with Crippen LogP contribution in [0.15, 0.2) is 30.3 Å². The summed E-state index contributed by atoms with van der Waals surface area (Å²) >= 11 is 0. The van der Waals surface area contributed by atoms with Gasteiger partial charge in [-0.2, -0.15) is 0 Å². The van der Waals surface area contributed by atoms with Crippen LogP contribution in [0.5, 0.6) is 0 Å². The molecule has 0 saturated heterocycles. The van der Waals surface area contributed by atoms with Crippen LogP contribution in [0.2, 0.25) is 0 Å². The van der Waals surface area contributed by atoms with Crippen LogP contribution in [0.3, 0.4) is 0 Å². The molecule has 3 rings (SSSR count).